The van der Waals surface area contributed by atoms with Gasteiger partial charge in [-0.2, -0.15) is 0 Å². The highest BCUT2D eigenvalue weighted by Gasteiger charge is 2.33. The molecule has 27 heavy (non-hydrogen) atoms. The zero-order valence-corrected chi connectivity index (χ0v) is 16.4. The lowest BCUT2D eigenvalue weighted by Crippen LogP contribution is -2.38. The van der Waals surface area contributed by atoms with Crippen LogP contribution in [0.5, 0.6) is 0 Å². The smallest absolute Gasteiger partial charge is 0.255 e. The quantitative estimate of drug-likeness (QED) is 0.744. The van der Waals surface area contributed by atoms with Crippen LogP contribution in [-0.4, -0.2) is 67.4 Å². The maximum atomic E-state index is 12.8. The van der Waals surface area contributed by atoms with Crippen LogP contribution in [0.3, 0.4) is 0 Å². The molecule has 0 spiro atoms. The number of aromatic nitrogens is 2. The monoisotopic (exact) mass is 388 g/mol. The lowest BCUT2D eigenvalue weighted by atomic mass is 10.1. The number of carbonyl (C=O) groups excluding carboxylic acids is 1. The average Bonchev–Trinajstić information content (AvgIpc) is 3.05. The van der Waals surface area contributed by atoms with Crippen molar-refractivity contribution in [3.05, 3.63) is 54.1 Å². The van der Waals surface area contributed by atoms with Crippen molar-refractivity contribution >= 4 is 21.4 Å². The minimum Gasteiger partial charge on any atom is -0.373 e. The molecule has 144 valence electrons. The Bertz CT molecular complexity index is 902. The van der Waals surface area contributed by atoms with Gasteiger partial charge in [0.15, 0.2) is 9.84 Å². The van der Waals surface area contributed by atoms with E-state index in [9.17, 15) is 13.2 Å². The molecule has 0 bridgehead atoms. The summed E-state index contributed by atoms with van der Waals surface area (Å²) in [5.41, 5.74) is 2.51. The summed E-state index contributed by atoms with van der Waals surface area (Å²) in [6, 6.07) is 5.50. The fourth-order valence-corrected chi connectivity index (χ4v) is 4.95. The largest absolute Gasteiger partial charge is 0.373 e. The summed E-state index contributed by atoms with van der Waals surface area (Å²) in [5, 5.41) is 0. The van der Waals surface area contributed by atoms with E-state index in [0.717, 1.165) is 18.7 Å². The van der Waals surface area contributed by atoms with Crippen LogP contribution >= 0.6 is 0 Å². The van der Waals surface area contributed by atoms with Crippen LogP contribution in [0, 0.1) is 0 Å². The Hall–Kier alpha value is -2.48. The Morgan fingerprint density at radius 1 is 1.19 bits per heavy atom. The highest BCUT2D eigenvalue weighted by Crippen LogP contribution is 2.20. The van der Waals surface area contributed by atoms with Gasteiger partial charge in [0.25, 0.3) is 5.91 Å². The zero-order valence-electron chi connectivity index (χ0n) is 15.6. The first-order valence-corrected chi connectivity index (χ1v) is 10.7. The van der Waals surface area contributed by atoms with E-state index in [1.165, 1.54) is 16.7 Å². The number of hydrogen-bond acceptors (Lipinski definition) is 6. The van der Waals surface area contributed by atoms with Crippen molar-refractivity contribution < 1.29 is 13.2 Å². The number of rotatable bonds is 6. The third-order valence-electron chi connectivity index (χ3n) is 4.97. The second-order valence-electron chi connectivity index (χ2n) is 6.93. The highest BCUT2D eigenvalue weighted by atomic mass is 32.2. The molecule has 1 aliphatic heterocycles. The topological polar surface area (TPSA) is 83.5 Å². The molecule has 2 aromatic rings. The third kappa shape index (κ3) is 4.82. The molecule has 1 atom stereocenters. The summed E-state index contributed by atoms with van der Waals surface area (Å²) >= 11 is 0. The molecule has 1 fully saturated rings. The SMILES string of the molecule is CN(CCc1ccncc1)c1cncc(C(=O)N(C)C2CCS(=O)(=O)C2)c1. The van der Waals surface area contributed by atoms with Gasteiger partial charge in [-0.3, -0.25) is 14.8 Å². The minimum absolute atomic E-state index is 0.0359. The Morgan fingerprint density at radius 2 is 1.93 bits per heavy atom. The van der Waals surface area contributed by atoms with Crippen LogP contribution < -0.4 is 4.90 Å². The molecule has 0 radical (unpaired) electrons. The molecule has 3 rings (SSSR count). The molecule has 3 heterocycles. The number of sulfone groups is 1. The van der Waals surface area contributed by atoms with E-state index >= 15 is 0 Å². The van der Waals surface area contributed by atoms with Gasteiger partial charge < -0.3 is 9.80 Å². The normalized spacial score (nSPS) is 18.2. The van der Waals surface area contributed by atoms with E-state index in [4.69, 9.17) is 0 Å². The second kappa shape index (κ2) is 8.04. The molecular formula is C19H24N4O3S. The van der Waals surface area contributed by atoms with E-state index in [-0.39, 0.29) is 23.5 Å². The van der Waals surface area contributed by atoms with Crippen molar-refractivity contribution in [1.82, 2.24) is 14.9 Å². The van der Waals surface area contributed by atoms with Crippen molar-refractivity contribution in [2.24, 2.45) is 0 Å². The molecular weight excluding hydrogens is 364 g/mol. The highest BCUT2D eigenvalue weighted by molar-refractivity contribution is 7.91. The maximum absolute atomic E-state index is 12.8. The summed E-state index contributed by atoms with van der Waals surface area (Å²) in [7, 11) is 0.585. The van der Waals surface area contributed by atoms with Crippen molar-refractivity contribution in [1.29, 1.82) is 0 Å². The van der Waals surface area contributed by atoms with Gasteiger partial charge in [0.1, 0.15) is 0 Å². The van der Waals surface area contributed by atoms with Crippen LogP contribution in [0.4, 0.5) is 5.69 Å². The van der Waals surface area contributed by atoms with Gasteiger partial charge in [-0.15, -0.1) is 0 Å². The van der Waals surface area contributed by atoms with Gasteiger partial charge in [-0.05, 0) is 36.6 Å². The summed E-state index contributed by atoms with van der Waals surface area (Å²) in [6.07, 6.45) is 8.15. The van der Waals surface area contributed by atoms with Gasteiger partial charge in [-0.1, -0.05) is 0 Å². The number of hydrogen-bond donors (Lipinski definition) is 0. The number of likely N-dealkylation sites (N-methyl/N-ethyl adjacent to an activating group) is 1. The lowest BCUT2D eigenvalue weighted by molar-refractivity contribution is 0.0747. The summed E-state index contributed by atoms with van der Waals surface area (Å²) in [4.78, 5) is 24.6. The summed E-state index contributed by atoms with van der Waals surface area (Å²) < 4.78 is 23.4. The number of pyridine rings is 2. The van der Waals surface area contributed by atoms with Gasteiger partial charge in [-0.25, -0.2) is 8.42 Å². The van der Waals surface area contributed by atoms with Crippen LogP contribution in [0.1, 0.15) is 22.3 Å². The Balaban J connectivity index is 1.66. The molecule has 8 heteroatoms. The van der Waals surface area contributed by atoms with E-state index in [1.807, 2.05) is 30.1 Å². The molecule has 1 amide bonds. The number of nitrogens with zero attached hydrogens (tertiary/aromatic N) is 4. The number of amides is 1. The van der Waals surface area contributed by atoms with Gasteiger partial charge in [0.05, 0.1) is 29.0 Å². The van der Waals surface area contributed by atoms with Crippen molar-refractivity contribution in [3.63, 3.8) is 0 Å². The summed E-state index contributed by atoms with van der Waals surface area (Å²) in [5.74, 6) is -0.0199. The first kappa shape index (κ1) is 19.3. The molecule has 0 aliphatic carbocycles. The standard InChI is InChI=1S/C19H24N4O3S/c1-22(9-5-15-3-7-20-8-4-15)18-11-16(12-21-13-18)19(24)23(2)17-6-10-27(25,26)14-17/h3-4,7-8,11-13,17H,5-6,9-10,14H2,1-2H3. The van der Waals surface area contributed by atoms with E-state index in [1.54, 1.807) is 25.6 Å². The molecule has 2 aromatic heterocycles. The zero-order chi connectivity index (χ0) is 19.4. The van der Waals surface area contributed by atoms with E-state index < -0.39 is 9.84 Å². The van der Waals surface area contributed by atoms with E-state index in [0.29, 0.717) is 12.0 Å². The molecule has 0 N–H and O–H groups in total. The van der Waals surface area contributed by atoms with Crippen molar-refractivity contribution in [3.8, 4) is 0 Å². The molecule has 7 nitrogen and oxygen atoms in total. The lowest BCUT2D eigenvalue weighted by Gasteiger charge is -2.24. The predicted molar refractivity (Wildman–Crippen MR) is 105 cm³/mol. The van der Waals surface area contributed by atoms with Crippen LogP contribution in [-0.2, 0) is 16.3 Å². The minimum atomic E-state index is -3.03. The fourth-order valence-electron chi connectivity index (χ4n) is 3.18. The fraction of sp³-hybridized carbons (Fsp3) is 0.421. The predicted octanol–water partition coefficient (Wildman–Crippen LogP) is 1.41. The second-order valence-corrected chi connectivity index (χ2v) is 9.16. The average molecular weight is 388 g/mol. The Morgan fingerprint density at radius 3 is 2.59 bits per heavy atom. The maximum Gasteiger partial charge on any atom is 0.255 e. The molecule has 1 aliphatic rings. The Kier molecular flexibility index (Phi) is 5.74. The van der Waals surface area contributed by atoms with Crippen LogP contribution in [0.25, 0.3) is 0 Å². The number of carbonyl (C=O) groups is 1. The van der Waals surface area contributed by atoms with Gasteiger partial charge in [0.2, 0.25) is 0 Å². The Labute approximate surface area is 160 Å². The summed E-state index contributed by atoms with van der Waals surface area (Å²) in [6.45, 7) is 0.778. The third-order valence-corrected chi connectivity index (χ3v) is 6.72. The van der Waals surface area contributed by atoms with Crippen LogP contribution in [0.15, 0.2) is 43.0 Å². The first-order chi connectivity index (χ1) is 12.9. The van der Waals surface area contributed by atoms with Gasteiger partial charge >= 0.3 is 0 Å². The van der Waals surface area contributed by atoms with Crippen molar-refractivity contribution in [2.75, 3.05) is 37.0 Å². The molecule has 1 saturated heterocycles. The van der Waals surface area contributed by atoms with Gasteiger partial charge in [0, 0.05) is 45.3 Å². The number of anilines is 1. The van der Waals surface area contributed by atoms with Crippen molar-refractivity contribution in [2.45, 2.75) is 18.9 Å². The van der Waals surface area contributed by atoms with E-state index in [2.05, 4.69) is 9.97 Å². The molecule has 1 unspecified atom stereocenters. The molecule has 0 saturated carbocycles. The molecule has 0 aromatic carbocycles. The van der Waals surface area contributed by atoms with Crippen LogP contribution in [0.2, 0.25) is 0 Å². The first-order valence-electron chi connectivity index (χ1n) is 8.88.